The number of aliphatic hydroxyl groups is 1. The minimum Gasteiger partial charge on any atom is -0.380 e. The van der Waals surface area contributed by atoms with Gasteiger partial charge >= 0.3 is 6.18 Å². The van der Waals surface area contributed by atoms with E-state index in [9.17, 15) is 35.1 Å². The zero-order chi connectivity index (χ0) is 28.9. The second kappa shape index (κ2) is 10.6. The van der Waals surface area contributed by atoms with Crippen molar-refractivity contribution in [2.45, 2.75) is 35.9 Å². The number of rotatable bonds is 9. The fourth-order valence-electron chi connectivity index (χ4n) is 4.74. The molecule has 2 saturated heterocycles. The van der Waals surface area contributed by atoms with Gasteiger partial charge in [0.05, 0.1) is 25.5 Å². The zero-order valence-corrected chi connectivity index (χ0v) is 24.2. The molecule has 0 bridgehead atoms. The first-order chi connectivity index (χ1) is 17.9. The van der Waals surface area contributed by atoms with Gasteiger partial charge in [-0.1, -0.05) is 25.1 Å². The molecule has 1 aromatic heterocycles. The van der Waals surface area contributed by atoms with Gasteiger partial charge in [0.2, 0.25) is 10.0 Å². The van der Waals surface area contributed by atoms with Crippen LogP contribution in [0, 0.1) is 5.41 Å². The predicted molar refractivity (Wildman–Crippen MR) is 142 cm³/mol. The lowest BCUT2D eigenvalue weighted by atomic mass is 9.88. The van der Waals surface area contributed by atoms with E-state index in [2.05, 4.69) is 0 Å². The SMILES string of the molecule is CC1(CN(C[C@H]2CN(S(=O)(=O)c3cccs3)CCN2c2ccc([C@@](C)(O)C(F)(F)F)cc2)S(C)(=O)=O)COC1. The van der Waals surface area contributed by atoms with E-state index in [4.69, 9.17) is 4.74 Å². The molecule has 4 rings (SSSR count). The van der Waals surface area contributed by atoms with Gasteiger partial charge in [-0.3, -0.25) is 0 Å². The summed E-state index contributed by atoms with van der Waals surface area (Å²) >= 11 is 1.09. The lowest BCUT2D eigenvalue weighted by Gasteiger charge is -2.46. The van der Waals surface area contributed by atoms with Crippen LogP contribution in [0.1, 0.15) is 19.4 Å². The molecule has 2 aliphatic heterocycles. The van der Waals surface area contributed by atoms with Crippen LogP contribution < -0.4 is 4.90 Å². The first kappa shape index (κ1) is 30.2. The number of thiophene rings is 1. The van der Waals surface area contributed by atoms with E-state index in [0.717, 1.165) is 17.6 Å². The molecule has 1 N–H and O–H groups in total. The number of hydrogen-bond donors (Lipinski definition) is 1. The Morgan fingerprint density at radius 2 is 1.77 bits per heavy atom. The molecule has 0 saturated carbocycles. The van der Waals surface area contributed by atoms with Gasteiger partial charge < -0.3 is 14.7 Å². The number of benzene rings is 1. The normalized spacial score (nSPS) is 22.5. The molecule has 2 atom stereocenters. The average molecular weight is 612 g/mol. The Morgan fingerprint density at radius 3 is 2.26 bits per heavy atom. The lowest BCUT2D eigenvalue weighted by Crippen LogP contribution is -2.60. The maximum absolute atomic E-state index is 13.3. The predicted octanol–water partition coefficient (Wildman–Crippen LogP) is 2.70. The van der Waals surface area contributed by atoms with Crippen LogP contribution in [0.2, 0.25) is 0 Å². The van der Waals surface area contributed by atoms with Crippen LogP contribution in [-0.4, -0.2) is 95.0 Å². The second-order valence-electron chi connectivity index (χ2n) is 10.6. The van der Waals surface area contributed by atoms with E-state index in [1.165, 1.54) is 38.9 Å². The summed E-state index contributed by atoms with van der Waals surface area (Å²) in [5.74, 6) is 0. The summed E-state index contributed by atoms with van der Waals surface area (Å²) < 4.78 is 100. The van der Waals surface area contributed by atoms with Gasteiger partial charge in [-0.25, -0.2) is 16.8 Å². The Hall–Kier alpha value is -1.75. The van der Waals surface area contributed by atoms with Gasteiger partial charge in [-0.05, 0) is 36.1 Å². The fourth-order valence-corrected chi connectivity index (χ4v) is 8.34. The highest BCUT2D eigenvalue weighted by atomic mass is 32.2. The summed E-state index contributed by atoms with van der Waals surface area (Å²) in [7, 11) is -7.51. The fraction of sp³-hybridized carbons (Fsp3) is 0.583. The quantitative estimate of drug-likeness (QED) is 0.465. The summed E-state index contributed by atoms with van der Waals surface area (Å²) in [6.07, 6.45) is -3.78. The third kappa shape index (κ3) is 6.29. The Morgan fingerprint density at radius 1 is 1.13 bits per heavy atom. The molecule has 1 aromatic carbocycles. The number of piperazine rings is 1. The van der Waals surface area contributed by atoms with E-state index in [1.54, 1.807) is 11.4 Å². The maximum Gasteiger partial charge on any atom is 0.421 e. The summed E-state index contributed by atoms with van der Waals surface area (Å²) in [4.78, 5) is 1.81. The number of alkyl halides is 3. The monoisotopic (exact) mass is 611 g/mol. The second-order valence-corrected chi connectivity index (χ2v) is 15.7. The van der Waals surface area contributed by atoms with Crippen molar-refractivity contribution in [3.63, 3.8) is 0 Å². The summed E-state index contributed by atoms with van der Waals surface area (Å²) in [6.45, 7) is 3.78. The standard InChI is InChI=1S/C24H32F3N3O6S3/c1-22(16-36-17-22)15-29(38(3,32)33)14-20-13-28(39(34,35)21-5-4-12-37-21)10-11-30(20)19-8-6-18(7-9-19)23(2,31)24(25,26)27/h4-9,12,20,31H,10-11,13-17H2,1-3H3/t20-,23-/m1/s1. The van der Waals surface area contributed by atoms with E-state index >= 15 is 0 Å². The highest BCUT2D eigenvalue weighted by molar-refractivity contribution is 7.91. The minimum atomic E-state index is -4.88. The van der Waals surface area contributed by atoms with Gasteiger partial charge in [-0.2, -0.15) is 21.8 Å². The van der Waals surface area contributed by atoms with Crippen molar-refractivity contribution in [1.82, 2.24) is 8.61 Å². The lowest BCUT2D eigenvalue weighted by molar-refractivity contribution is -0.258. The molecule has 0 unspecified atom stereocenters. The van der Waals surface area contributed by atoms with Crippen molar-refractivity contribution in [2.75, 3.05) is 57.1 Å². The molecule has 0 aliphatic carbocycles. The van der Waals surface area contributed by atoms with Crippen LogP contribution in [0.4, 0.5) is 18.9 Å². The van der Waals surface area contributed by atoms with Crippen molar-refractivity contribution in [1.29, 1.82) is 0 Å². The number of anilines is 1. The average Bonchev–Trinajstić information content (AvgIpc) is 3.37. The highest BCUT2D eigenvalue weighted by Gasteiger charge is 2.51. The van der Waals surface area contributed by atoms with E-state index in [1.807, 2.05) is 11.8 Å². The maximum atomic E-state index is 13.3. The third-order valence-electron chi connectivity index (χ3n) is 7.19. The molecule has 0 amide bonds. The number of hydrogen-bond acceptors (Lipinski definition) is 8. The summed E-state index contributed by atoms with van der Waals surface area (Å²) in [5.41, 5.74) is -3.28. The molecule has 0 radical (unpaired) electrons. The Kier molecular flexibility index (Phi) is 8.20. The van der Waals surface area contributed by atoms with E-state index < -0.39 is 37.9 Å². The summed E-state index contributed by atoms with van der Waals surface area (Å²) in [5, 5.41) is 11.7. The van der Waals surface area contributed by atoms with Crippen molar-refractivity contribution in [2.24, 2.45) is 5.41 Å². The molecule has 218 valence electrons. The smallest absolute Gasteiger partial charge is 0.380 e. The molecule has 2 aliphatic rings. The van der Waals surface area contributed by atoms with Crippen LogP contribution in [0.15, 0.2) is 46.0 Å². The Labute approximate surface area is 230 Å². The van der Waals surface area contributed by atoms with Gasteiger partial charge in [0.25, 0.3) is 10.0 Å². The topological polar surface area (TPSA) is 107 Å². The largest absolute Gasteiger partial charge is 0.421 e. The molecule has 2 fully saturated rings. The van der Waals surface area contributed by atoms with E-state index in [-0.39, 0.29) is 47.9 Å². The third-order valence-corrected chi connectivity index (χ3v) is 11.6. The number of sulfonamides is 2. The minimum absolute atomic E-state index is 0.0263. The molecule has 2 aromatic rings. The van der Waals surface area contributed by atoms with Crippen molar-refractivity contribution < 1.29 is 39.9 Å². The Balaban J connectivity index is 1.66. The van der Waals surface area contributed by atoms with Crippen LogP contribution in [0.3, 0.4) is 0 Å². The van der Waals surface area contributed by atoms with Crippen molar-refractivity contribution >= 4 is 37.1 Å². The molecule has 3 heterocycles. The van der Waals surface area contributed by atoms with Crippen LogP contribution in [-0.2, 0) is 30.4 Å². The van der Waals surface area contributed by atoms with Crippen molar-refractivity contribution in [3.05, 3.63) is 47.3 Å². The molecular formula is C24H32F3N3O6S3. The first-order valence-corrected chi connectivity index (χ1v) is 16.3. The van der Waals surface area contributed by atoms with Crippen LogP contribution in [0.5, 0.6) is 0 Å². The highest BCUT2D eigenvalue weighted by Crippen LogP contribution is 2.39. The van der Waals surface area contributed by atoms with Gasteiger partial charge in [-0.15, -0.1) is 11.3 Å². The van der Waals surface area contributed by atoms with Gasteiger partial charge in [0.1, 0.15) is 4.21 Å². The van der Waals surface area contributed by atoms with Crippen LogP contribution in [0.25, 0.3) is 0 Å². The van der Waals surface area contributed by atoms with Gasteiger partial charge in [0.15, 0.2) is 5.60 Å². The van der Waals surface area contributed by atoms with Gasteiger partial charge in [0, 0.05) is 43.8 Å². The molecule has 39 heavy (non-hydrogen) atoms. The summed E-state index contributed by atoms with van der Waals surface area (Å²) in [6, 6.07) is 7.71. The number of ether oxygens (including phenoxy) is 1. The molecule has 15 heteroatoms. The number of halogens is 3. The Bertz CT molecular complexity index is 1360. The van der Waals surface area contributed by atoms with Crippen molar-refractivity contribution in [3.8, 4) is 0 Å². The number of nitrogens with zero attached hydrogens (tertiary/aromatic N) is 3. The first-order valence-electron chi connectivity index (χ1n) is 12.2. The molecular weight excluding hydrogens is 579 g/mol. The molecule has 0 spiro atoms. The zero-order valence-electron chi connectivity index (χ0n) is 21.8. The van der Waals surface area contributed by atoms with Crippen LogP contribution >= 0.6 is 11.3 Å². The molecule has 9 nitrogen and oxygen atoms in total. The van der Waals surface area contributed by atoms with E-state index in [0.29, 0.717) is 25.8 Å².